The van der Waals surface area contributed by atoms with Crippen LogP contribution >= 0.6 is 11.6 Å². The van der Waals surface area contributed by atoms with Gasteiger partial charge in [0.2, 0.25) is 0 Å². The fourth-order valence-electron chi connectivity index (χ4n) is 1.01. The molecule has 1 N–H and O–H groups in total. The van der Waals surface area contributed by atoms with Gasteiger partial charge in [0.25, 0.3) is 5.56 Å². The first-order valence-electron chi connectivity index (χ1n) is 4.88. The number of nitrogens with zero attached hydrogens (tertiary/aromatic N) is 2. The average molecular weight is 246 g/mol. The molecule has 1 aromatic heterocycles. The van der Waals surface area contributed by atoms with E-state index in [-0.39, 0.29) is 16.2 Å². The van der Waals surface area contributed by atoms with Gasteiger partial charge in [0.05, 0.1) is 17.5 Å². The van der Waals surface area contributed by atoms with Crippen molar-refractivity contribution in [3.05, 3.63) is 21.6 Å². The number of methoxy groups -OCH3 is 1. The van der Waals surface area contributed by atoms with Crippen LogP contribution in [0.15, 0.2) is 11.0 Å². The zero-order valence-electron chi connectivity index (χ0n) is 9.87. The smallest absolute Gasteiger partial charge is 0.287 e. The van der Waals surface area contributed by atoms with E-state index < -0.39 is 0 Å². The summed E-state index contributed by atoms with van der Waals surface area (Å²) in [6.07, 6.45) is 1.52. The van der Waals surface area contributed by atoms with Crippen LogP contribution in [0.2, 0.25) is 5.02 Å². The van der Waals surface area contributed by atoms with Gasteiger partial charge in [-0.25, -0.2) is 4.68 Å². The minimum atomic E-state index is -0.329. The predicted molar refractivity (Wildman–Crippen MR) is 64.1 cm³/mol. The Morgan fingerprint density at radius 1 is 1.62 bits per heavy atom. The number of ether oxygens (including phenoxy) is 1. The molecule has 5 nitrogen and oxygen atoms in total. The third-order valence-electron chi connectivity index (χ3n) is 2.34. The van der Waals surface area contributed by atoms with Crippen LogP contribution < -0.4 is 10.9 Å². The molecule has 0 radical (unpaired) electrons. The Kier molecular flexibility index (Phi) is 3.93. The second kappa shape index (κ2) is 4.84. The first kappa shape index (κ1) is 13.0. The Hall–Kier alpha value is -1.07. The van der Waals surface area contributed by atoms with Crippen LogP contribution in [0.1, 0.15) is 13.8 Å². The van der Waals surface area contributed by atoms with E-state index in [4.69, 9.17) is 16.3 Å². The fourth-order valence-corrected chi connectivity index (χ4v) is 1.25. The Morgan fingerprint density at radius 2 is 2.25 bits per heavy atom. The highest BCUT2D eigenvalue weighted by Gasteiger charge is 2.17. The summed E-state index contributed by atoms with van der Waals surface area (Å²) in [5.74, 6) is 0. The van der Waals surface area contributed by atoms with E-state index in [9.17, 15) is 4.79 Å². The molecule has 1 rings (SSSR count). The summed E-state index contributed by atoms with van der Waals surface area (Å²) in [6.45, 7) is 4.41. The van der Waals surface area contributed by atoms with E-state index in [1.807, 2.05) is 13.8 Å². The number of aryl methyl sites for hydroxylation is 1. The molecule has 0 amide bonds. The maximum atomic E-state index is 11.5. The second-order valence-corrected chi connectivity index (χ2v) is 4.50. The van der Waals surface area contributed by atoms with Crippen LogP contribution in [0.4, 0.5) is 5.69 Å². The molecule has 0 fully saturated rings. The lowest BCUT2D eigenvalue weighted by atomic mass is 10.1. The predicted octanol–water partition coefficient (Wildman–Crippen LogP) is 1.27. The molecule has 0 atom stereocenters. The molecule has 1 aromatic rings. The number of rotatable bonds is 4. The Morgan fingerprint density at radius 3 is 2.81 bits per heavy atom. The third-order valence-corrected chi connectivity index (χ3v) is 2.70. The Balaban J connectivity index is 2.84. The molecule has 0 bridgehead atoms. The Bertz CT molecular complexity index is 429. The van der Waals surface area contributed by atoms with Gasteiger partial charge < -0.3 is 10.1 Å². The van der Waals surface area contributed by atoms with Crippen molar-refractivity contribution in [3.8, 4) is 0 Å². The van der Waals surface area contributed by atoms with Gasteiger partial charge in [0.1, 0.15) is 5.02 Å². The van der Waals surface area contributed by atoms with Crippen molar-refractivity contribution in [2.45, 2.75) is 19.4 Å². The van der Waals surface area contributed by atoms with Crippen molar-refractivity contribution in [1.29, 1.82) is 0 Å². The largest absolute Gasteiger partial charge is 0.379 e. The lowest BCUT2D eigenvalue weighted by Gasteiger charge is -2.23. The summed E-state index contributed by atoms with van der Waals surface area (Å²) in [5, 5.41) is 7.06. The molecule has 0 aliphatic carbocycles. The van der Waals surface area contributed by atoms with E-state index in [1.54, 1.807) is 14.2 Å². The minimum Gasteiger partial charge on any atom is -0.379 e. The first-order chi connectivity index (χ1) is 7.37. The molecule has 0 saturated carbocycles. The SMILES string of the molecule is COC(C)(C)CNc1cnn(C)c(=O)c1Cl. The number of aromatic nitrogens is 2. The molecule has 0 aliphatic rings. The van der Waals surface area contributed by atoms with Gasteiger partial charge in [0.15, 0.2) is 0 Å². The highest BCUT2D eigenvalue weighted by molar-refractivity contribution is 6.32. The standard InChI is InChI=1S/C10H16ClN3O2/c1-10(2,16-4)6-12-7-5-13-14(3)9(15)8(7)11/h5,12H,6H2,1-4H3. The van der Waals surface area contributed by atoms with Crippen LogP contribution in [-0.4, -0.2) is 29.0 Å². The molecule has 0 aliphatic heterocycles. The van der Waals surface area contributed by atoms with Gasteiger partial charge in [-0.1, -0.05) is 11.6 Å². The summed E-state index contributed by atoms with van der Waals surface area (Å²) >= 11 is 5.89. The fraction of sp³-hybridized carbons (Fsp3) is 0.600. The molecule has 1 heterocycles. The molecule has 16 heavy (non-hydrogen) atoms. The topological polar surface area (TPSA) is 56.1 Å². The second-order valence-electron chi connectivity index (χ2n) is 4.12. The Labute approximate surface area is 99.4 Å². The summed E-state index contributed by atoms with van der Waals surface area (Å²) < 4.78 is 6.43. The van der Waals surface area contributed by atoms with Crippen molar-refractivity contribution in [2.75, 3.05) is 19.0 Å². The number of hydrogen-bond acceptors (Lipinski definition) is 4. The van der Waals surface area contributed by atoms with Gasteiger partial charge in [-0.05, 0) is 13.8 Å². The molecule has 0 aromatic carbocycles. The van der Waals surface area contributed by atoms with E-state index in [0.717, 1.165) is 0 Å². The lowest BCUT2D eigenvalue weighted by Crippen LogP contribution is -2.33. The van der Waals surface area contributed by atoms with Crippen LogP contribution in [-0.2, 0) is 11.8 Å². The monoisotopic (exact) mass is 245 g/mol. The molecule has 6 heteroatoms. The molecule has 0 spiro atoms. The summed E-state index contributed by atoms with van der Waals surface area (Å²) in [7, 11) is 3.18. The van der Waals surface area contributed by atoms with Crippen molar-refractivity contribution in [3.63, 3.8) is 0 Å². The normalized spacial score (nSPS) is 11.6. The van der Waals surface area contributed by atoms with E-state index >= 15 is 0 Å². The highest BCUT2D eigenvalue weighted by atomic mass is 35.5. The molecular formula is C10H16ClN3O2. The van der Waals surface area contributed by atoms with Crippen LogP contribution in [0.5, 0.6) is 0 Å². The number of hydrogen-bond donors (Lipinski definition) is 1. The summed E-state index contributed by atoms with van der Waals surface area (Å²) in [4.78, 5) is 11.5. The van der Waals surface area contributed by atoms with E-state index in [2.05, 4.69) is 10.4 Å². The van der Waals surface area contributed by atoms with E-state index in [1.165, 1.54) is 10.9 Å². The van der Waals surface area contributed by atoms with Crippen molar-refractivity contribution >= 4 is 17.3 Å². The number of halogens is 1. The highest BCUT2D eigenvalue weighted by Crippen LogP contribution is 2.17. The van der Waals surface area contributed by atoms with Crippen molar-refractivity contribution < 1.29 is 4.74 Å². The summed E-state index contributed by atoms with van der Waals surface area (Å²) in [6, 6.07) is 0. The van der Waals surface area contributed by atoms with Crippen molar-refractivity contribution in [2.24, 2.45) is 7.05 Å². The molecule has 0 saturated heterocycles. The lowest BCUT2D eigenvalue weighted by molar-refractivity contribution is 0.0344. The van der Waals surface area contributed by atoms with Gasteiger partial charge in [0, 0.05) is 20.7 Å². The van der Waals surface area contributed by atoms with Gasteiger partial charge in [-0.3, -0.25) is 4.79 Å². The molecule has 0 unspecified atom stereocenters. The van der Waals surface area contributed by atoms with Crippen LogP contribution in [0.3, 0.4) is 0 Å². The van der Waals surface area contributed by atoms with E-state index in [0.29, 0.717) is 12.2 Å². The van der Waals surface area contributed by atoms with Crippen molar-refractivity contribution in [1.82, 2.24) is 9.78 Å². The van der Waals surface area contributed by atoms with Crippen LogP contribution in [0.25, 0.3) is 0 Å². The quantitative estimate of drug-likeness (QED) is 0.868. The molecular weight excluding hydrogens is 230 g/mol. The van der Waals surface area contributed by atoms with Crippen LogP contribution in [0, 0.1) is 0 Å². The maximum absolute atomic E-state index is 11.5. The average Bonchev–Trinajstić information content (AvgIpc) is 2.25. The van der Waals surface area contributed by atoms with Gasteiger partial charge in [-0.2, -0.15) is 5.10 Å². The van der Waals surface area contributed by atoms with Gasteiger partial charge >= 0.3 is 0 Å². The molecule has 90 valence electrons. The third kappa shape index (κ3) is 2.96. The zero-order valence-corrected chi connectivity index (χ0v) is 10.6. The zero-order chi connectivity index (χ0) is 12.3. The summed E-state index contributed by atoms with van der Waals surface area (Å²) in [5.41, 5.74) is -0.124. The minimum absolute atomic E-state index is 0.143. The van der Waals surface area contributed by atoms with Gasteiger partial charge in [-0.15, -0.1) is 0 Å². The maximum Gasteiger partial charge on any atom is 0.287 e. The number of nitrogens with one attached hydrogen (secondary N) is 1. The number of anilines is 1. The first-order valence-corrected chi connectivity index (χ1v) is 5.26.